The molecule has 0 atom stereocenters. The van der Waals surface area contributed by atoms with Crippen molar-refractivity contribution >= 4 is 21.4 Å². The number of hydrogen-bond acceptors (Lipinski definition) is 6. The molecule has 0 aliphatic heterocycles. The summed E-state index contributed by atoms with van der Waals surface area (Å²) in [7, 11) is -2.19. The van der Waals surface area contributed by atoms with E-state index in [4.69, 9.17) is 4.74 Å². The fourth-order valence-corrected chi connectivity index (χ4v) is 3.99. The van der Waals surface area contributed by atoms with Gasteiger partial charge in [0.05, 0.1) is 17.7 Å². The van der Waals surface area contributed by atoms with Gasteiger partial charge in [-0.1, -0.05) is 12.1 Å². The van der Waals surface area contributed by atoms with Crippen molar-refractivity contribution in [3.8, 4) is 17.0 Å². The zero-order valence-electron chi connectivity index (χ0n) is 15.2. The van der Waals surface area contributed by atoms with Gasteiger partial charge in [0.2, 0.25) is 0 Å². The second-order valence-corrected chi connectivity index (χ2v) is 7.85. The zero-order chi connectivity index (χ0) is 19.7. The maximum atomic E-state index is 12.8. The Labute approximate surface area is 161 Å². The molecule has 8 nitrogen and oxygen atoms in total. The van der Waals surface area contributed by atoms with Crippen LogP contribution in [-0.4, -0.2) is 35.3 Å². The van der Waals surface area contributed by atoms with Crippen LogP contribution in [0.1, 0.15) is 5.56 Å². The number of nitrogens with zero attached hydrogens (tertiary/aromatic N) is 4. The van der Waals surface area contributed by atoms with E-state index in [1.807, 2.05) is 12.1 Å². The van der Waals surface area contributed by atoms with Gasteiger partial charge in [-0.25, -0.2) is 8.42 Å². The van der Waals surface area contributed by atoms with E-state index < -0.39 is 10.0 Å². The minimum absolute atomic E-state index is 0.167. The number of aryl methyl sites for hydroxylation is 1. The number of fused-ring (bicyclic) bond motifs is 1. The minimum atomic E-state index is -3.74. The monoisotopic (exact) mass is 395 g/mol. The second kappa shape index (κ2) is 6.93. The van der Waals surface area contributed by atoms with Crippen LogP contribution in [0.25, 0.3) is 16.9 Å². The Hall–Kier alpha value is -3.46. The first kappa shape index (κ1) is 17.9. The first-order valence-corrected chi connectivity index (χ1v) is 9.89. The molecule has 4 rings (SSSR count). The van der Waals surface area contributed by atoms with Crippen molar-refractivity contribution in [3.63, 3.8) is 0 Å². The van der Waals surface area contributed by atoms with Crippen LogP contribution in [0.4, 0.5) is 5.69 Å². The summed E-state index contributed by atoms with van der Waals surface area (Å²) in [4.78, 5) is 0.167. The van der Waals surface area contributed by atoms with Gasteiger partial charge in [0.15, 0.2) is 5.65 Å². The van der Waals surface area contributed by atoms with Gasteiger partial charge in [-0.2, -0.15) is 9.61 Å². The molecule has 0 saturated carbocycles. The van der Waals surface area contributed by atoms with E-state index in [-0.39, 0.29) is 4.90 Å². The Morgan fingerprint density at radius 1 is 1.07 bits per heavy atom. The Morgan fingerprint density at radius 2 is 1.93 bits per heavy atom. The van der Waals surface area contributed by atoms with Crippen LogP contribution in [0.15, 0.2) is 65.8 Å². The van der Waals surface area contributed by atoms with Crippen LogP contribution in [0.2, 0.25) is 0 Å². The number of benzene rings is 2. The van der Waals surface area contributed by atoms with E-state index in [9.17, 15) is 8.42 Å². The van der Waals surface area contributed by atoms with Gasteiger partial charge in [0, 0.05) is 11.3 Å². The number of methoxy groups -OCH3 is 1. The summed E-state index contributed by atoms with van der Waals surface area (Å²) < 4.78 is 34.9. The molecule has 28 heavy (non-hydrogen) atoms. The van der Waals surface area contributed by atoms with E-state index in [1.165, 1.54) is 12.4 Å². The lowest BCUT2D eigenvalue weighted by atomic mass is 10.1. The summed E-state index contributed by atoms with van der Waals surface area (Å²) in [6, 6.07) is 15.4. The highest BCUT2D eigenvalue weighted by molar-refractivity contribution is 7.92. The average Bonchev–Trinajstić information content (AvgIpc) is 3.15. The molecule has 0 bridgehead atoms. The number of sulfonamides is 1. The molecule has 2 aromatic carbocycles. The summed E-state index contributed by atoms with van der Waals surface area (Å²) in [6.45, 7) is 1.80. The number of nitrogens with one attached hydrogen (secondary N) is 1. The van der Waals surface area contributed by atoms with E-state index in [1.54, 1.807) is 54.9 Å². The Bertz CT molecular complexity index is 1270. The average molecular weight is 395 g/mol. The van der Waals surface area contributed by atoms with Crippen LogP contribution in [0.5, 0.6) is 5.75 Å². The third kappa shape index (κ3) is 3.39. The van der Waals surface area contributed by atoms with Gasteiger partial charge in [0.1, 0.15) is 12.1 Å². The first-order chi connectivity index (χ1) is 13.5. The molecular formula is C19H17N5O3S. The first-order valence-electron chi connectivity index (χ1n) is 8.41. The highest BCUT2D eigenvalue weighted by atomic mass is 32.2. The second-order valence-electron chi connectivity index (χ2n) is 6.17. The Balaban J connectivity index is 1.64. The van der Waals surface area contributed by atoms with Crippen LogP contribution >= 0.6 is 0 Å². The molecule has 0 aliphatic carbocycles. The molecule has 9 heteroatoms. The largest absolute Gasteiger partial charge is 0.496 e. The molecule has 142 valence electrons. The van der Waals surface area contributed by atoms with Crippen molar-refractivity contribution in [1.29, 1.82) is 0 Å². The van der Waals surface area contributed by atoms with E-state index in [0.29, 0.717) is 22.8 Å². The molecule has 0 fully saturated rings. The molecule has 0 radical (unpaired) electrons. The van der Waals surface area contributed by atoms with Crippen molar-refractivity contribution in [2.24, 2.45) is 0 Å². The highest BCUT2D eigenvalue weighted by Gasteiger charge is 2.16. The molecule has 2 heterocycles. The number of rotatable bonds is 5. The van der Waals surface area contributed by atoms with Crippen molar-refractivity contribution < 1.29 is 13.2 Å². The van der Waals surface area contributed by atoms with E-state index in [0.717, 1.165) is 11.1 Å². The number of anilines is 1. The van der Waals surface area contributed by atoms with Gasteiger partial charge in [-0.05, 0) is 55.0 Å². The minimum Gasteiger partial charge on any atom is -0.496 e. The van der Waals surface area contributed by atoms with Crippen molar-refractivity contribution in [3.05, 3.63) is 66.5 Å². The predicted octanol–water partition coefficient (Wildman–Crippen LogP) is 2.91. The highest BCUT2D eigenvalue weighted by Crippen LogP contribution is 2.25. The van der Waals surface area contributed by atoms with Gasteiger partial charge in [-0.3, -0.25) is 4.72 Å². The van der Waals surface area contributed by atoms with Gasteiger partial charge in [-0.15, -0.1) is 10.2 Å². The predicted molar refractivity (Wildman–Crippen MR) is 105 cm³/mol. The summed E-state index contributed by atoms with van der Waals surface area (Å²) in [6.07, 6.45) is 1.51. The molecule has 0 saturated heterocycles. The maximum Gasteiger partial charge on any atom is 0.261 e. The van der Waals surface area contributed by atoms with Crippen LogP contribution < -0.4 is 9.46 Å². The van der Waals surface area contributed by atoms with Crippen LogP contribution in [-0.2, 0) is 10.0 Å². The van der Waals surface area contributed by atoms with Gasteiger partial charge in [0.25, 0.3) is 10.0 Å². The smallest absolute Gasteiger partial charge is 0.261 e. The van der Waals surface area contributed by atoms with Crippen molar-refractivity contribution in [2.45, 2.75) is 11.8 Å². The summed E-state index contributed by atoms with van der Waals surface area (Å²) in [5, 5.41) is 12.2. The normalized spacial score (nSPS) is 11.5. The summed E-state index contributed by atoms with van der Waals surface area (Å²) >= 11 is 0. The maximum absolute atomic E-state index is 12.8. The van der Waals surface area contributed by atoms with E-state index >= 15 is 0 Å². The molecule has 2 aromatic heterocycles. The Kier molecular flexibility index (Phi) is 4.44. The summed E-state index contributed by atoms with van der Waals surface area (Å²) in [5.74, 6) is 0.636. The molecule has 0 unspecified atom stereocenters. The molecule has 0 aliphatic rings. The quantitative estimate of drug-likeness (QED) is 0.558. The molecular weight excluding hydrogens is 378 g/mol. The third-order valence-corrected chi connectivity index (χ3v) is 5.63. The third-order valence-electron chi connectivity index (χ3n) is 4.25. The lowest BCUT2D eigenvalue weighted by Gasteiger charge is -2.11. The molecule has 1 N–H and O–H groups in total. The Morgan fingerprint density at radius 3 is 2.71 bits per heavy atom. The standard InChI is InChI=1S/C19H17N5O3S/c1-13-10-16(6-8-18(13)27-2)28(25,26)23-15-5-3-4-14(11-15)17-7-9-19-21-20-12-24(19)22-17/h3-12,23H,1-2H3. The van der Waals surface area contributed by atoms with Crippen LogP contribution in [0.3, 0.4) is 0 Å². The van der Waals surface area contributed by atoms with Crippen LogP contribution in [0, 0.1) is 6.92 Å². The number of aromatic nitrogens is 4. The zero-order valence-corrected chi connectivity index (χ0v) is 16.0. The number of hydrogen-bond donors (Lipinski definition) is 1. The van der Waals surface area contributed by atoms with Crippen molar-refractivity contribution in [2.75, 3.05) is 11.8 Å². The van der Waals surface area contributed by atoms with Gasteiger partial charge >= 0.3 is 0 Å². The SMILES string of the molecule is COc1ccc(S(=O)(=O)Nc2cccc(-c3ccc4nncn4n3)c2)cc1C. The molecule has 0 spiro atoms. The van der Waals surface area contributed by atoms with Crippen molar-refractivity contribution in [1.82, 2.24) is 19.8 Å². The van der Waals surface area contributed by atoms with Gasteiger partial charge < -0.3 is 4.74 Å². The van der Waals surface area contributed by atoms with E-state index in [2.05, 4.69) is 20.0 Å². The topological polar surface area (TPSA) is 98.5 Å². The fourth-order valence-electron chi connectivity index (χ4n) is 2.86. The lowest BCUT2D eigenvalue weighted by Crippen LogP contribution is -2.13. The fraction of sp³-hybridized carbons (Fsp3) is 0.105. The summed E-state index contributed by atoms with van der Waals surface area (Å²) in [5.41, 5.74) is 3.26. The number of ether oxygens (including phenoxy) is 1. The lowest BCUT2D eigenvalue weighted by molar-refractivity contribution is 0.411. The molecule has 4 aromatic rings. The molecule has 0 amide bonds.